The molecule has 1 nitrogen and oxygen atoms in total. The zero-order chi connectivity index (χ0) is 9.26. The Labute approximate surface area is 83.7 Å². The average molecular weight is 193 g/mol. The molecular formula is C11H15NS. The molecule has 2 heteroatoms. The van der Waals surface area contributed by atoms with Crippen LogP contribution in [0, 0.1) is 6.92 Å². The van der Waals surface area contributed by atoms with Crippen LogP contribution in [0.2, 0.25) is 0 Å². The molecule has 1 aliphatic heterocycles. The summed E-state index contributed by atoms with van der Waals surface area (Å²) in [5, 5.41) is 0.986. The smallest absolute Gasteiger partial charge is 0.0513 e. The Hall–Kier alpha value is -0.470. The highest BCUT2D eigenvalue weighted by molar-refractivity contribution is 8.00. The van der Waals surface area contributed by atoms with Gasteiger partial charge in [0.05, 0.1) is 5.37 Å². The third-order valence-corrected chi connectivity index (χ3v) is 3.89. The lowest BCUT2D eigenvalue weighted by Gasteiger charge is -2.09. The van der Waals surface area contributed by atoms with Crippen LogP contribution in [0.15, 0.2) is 24.3 Å². The van der Waals surface area contributed by atoms with Crippen molar-refractivity contribution in [3.63, 3.8) is 0 Å². The minimum Gasteiger partial charge on any atom is -0.319 e. The van der Waals surface area contributed by atoms with Crippen LogP contribution >= 0.6 is 11.8 Å². The van der Waals surface area contributed by atoms with E-state index in [-0.39, 0.29) is 0 Å². The molecule has 1 fully saturated rings. The lowest BCUT2D eigenvalue weighted by Crippen LogP contribution is -2.09. The van der Waals surface area contributed by atoms with Crippen LogP contribution in [-0.2, 0) is 0 Å². The van der Waals surface area contributed by atoms with Gasteiger partial charge in [-0.25, -0.2) is 0 Å². The van der Waals surface area contributed by atoms with Crippen molar-refractivity contribution in [2.45, 2.75) is 30.4 Å². The van der Waals surface area contributed by atoms with Crippen LogP contribution in [0.4, 0.5) is 0 Å². The van der Waals surface area contributed by atoms with E-state index in [4.69, 9.17) is 5.73 Å². The van der Waals surface area contributed by atoms with Gasteiger partial charge in [-0.1, -0.05) is 29.8 Å². The molecule has 0 spiro atoms. The fourth-order valence-electron chi connectivity index (χ4n) is 1.78. The Balaban J connectivity index is 2.16. The zero-order valence-corrected chi connectivity index (χ0v) is 8.68. The van der Waals surface area contributed by atoms with E-state index in [1.165, 1.54) is 17.5 Å². The number of aryl methyl sites for hydroxylation is 1. The minimum atomic E-state index is 0.352. The van der Waals surface area contributed by atoms with E-state index in [1.54, 1.807) is 0 Å². The van der Waals surface area contributed by atoms with Gasteiger partial charge in [-0.05, 0) is 25.3 Å². The summed E-state index contributed by atoms with van der Waals surface area (Å²) in [5.41, 5.74) is 8.65. The van der Waals surface area contributed by atoms with Crippen LogP contribution in [-0.4, -0.2) is 5.37 Å². The molecule has 2 unspecified atom stereocenters. The Kier molecular flexibility index (Phi) is 2.61. The van der Waals surface area contributed by atoms with Crippen molar-refractivity contribution in [3.8, 4) is 0 Å². The molecule has 2 atom stereocenters. The van der Waals surface area contributed by atoms with Crippen molar-refractivity contribution in [3.05, 3.63) is 35.4 Å². The topological polar surface area (TPSA) is 26.0 Å². The van der Waals surface area contributed by atoms with Gasteiger partial charge >= 0.3 is 0 Å². The third-order valence-electron chi connectivity index (χ3n) is 2.47. The molecule has 1 aliphatic rings. The van der Waals surface area contributed by atoms with Crippen LogP contribution < -0.4 is 5.73 Å². The second-order valence-corrected chi connectivity index (χ2v) is 5.10. The summed E-state index contributed by atoms with van der Waals surface area (Å²) in [6, 6.07) is 8.76. The second kappa shape index (κ2) is 3.72. The van der Waals surface area contributed by atoms with Gasteiger partial charge in [0.2, 0.25) is 0 Å². The maximum atomic E-state index is 5.86. The van der Waals surface area contributed by atoms with Gasteiger partial charge in [-0.3, -0.25) is 0 Å². The number of rotatable bonds is 1. The second-order valence-electron chi connectivity index (χ2n) is 3.65. The molecular weight excluding hydrogens is 178 g/mol. The first kappa shape index (κ1) is 9.10. The summed E-state index contributed by atoms with van der Waals surface area (Å²) in [6.07, 6.45) is 2.39. The molecule has 1 aromatic rings. The van der Waals surface area contributed by atoms with Crippen molar-refractivity contribution in [1.82, 2.24) is 0 Å². The highest BCUT2D eigenvalue weighted by atomic mass is 32.2. The van der Waals surface area contributed by atoms with E-state index in [9.17, 15) is 0 Å². The molecule has 0 bridgehead atoms. The molecule has 0 amide bonds. The van der Waals surface area contributed by atoms with E-state index >= 15 is 0 Å². The molecule has 1 saturated heterocycles. The Bertz CT molecular complexity index is 298. The fourth-order valence-corrected chi connectivity index (χ4v) is 3.05. The first-order chi connectivity index (χ1) is 6.25. The maximum absolute atomic E-state index is 5.86. The molecule has 0 aliphatic carbocycles. The largest absolute Gasteiger partial charge is 0.319 e. The van der Waals surface area contributed by atoms with Gasteiger partial charge in [0.1, 0.15) is 0 Å². The van der Waals surface area contributed by atoms with E-state index in [0.717, 1.165) is 6.42 Å². The molecule has 1 aromatic carbocycles. The van der Waals surface area contributed by atoms with Crippen molar-refractivity contribution in [2.24, 2.45) is 5.73 Å². The summed E-state index contributed by atoms with van der Waals surface area (Å²) in [7, 11) is 0. The Morgan fingerprint density at radius 3 is 2.85 bits per heavy atom. The highest BCUT2D eigenvalue weighted by Crippen LogP contribution is 2.42. The number of benzene rings is 1. The van der Waals surface area contributed by atoms with E-state index in [2.05, 4.69) is 31.2 Å². The molecule has 1 heterocycles. The summed E-state index contributed by atoms with van der Waals surface area (Å²) < 4.78 is 0. The first-order valence-corrected chi connectivity index (χ1v) is 5.67. The lowest BCUT2D eigenvalue weighted by molar-refractivity contribution is 0.756. The quantitative estimate of drug-likeness (QED) is 0.742. The van der Waals surface area contributed by atoms with E-state index in [0.29, 0.717) is 10.6 Å². The van der Waals surface area contributed by atoms with E-state index < -0.39 is 0 Å². The highest BCUT2D eigenvalue weighted by Gasteiger charge is 2.23. The molecule has 0 aromatic heterocycles. The van der Waals surface area contributed by atoms with Crippen molar-refractivity contribution >= 4 is 11.8 Å². The molecule has 13 heavy (non-hydrogen) atoms. The van der Waals surface area contributed by atoms with E-state index in [1.807, 2.05) is 11.8 Å². The molecule has 2 rings (SSSR count). The molecule has 0 saturated carbocycles. The van der Waals surface area contributed by atoms with Crippen LogP contribution in [0.3, 0.4) is 0 Å². The summed E-state index contributed by atoms with van der Waals surface area (Å²) in [6.45, 7) is 2.14. The lowest BCUT2D eigenvalue weighted by atomic mass is 10.1. The molecule has 2 N–H and O–H groups in total. The van der Waals surface area contributed by atoms with Gasteiger partial charge < -0.3 is 5.73 Å². The minimum absolute atomic E-state index is 0.352. The first-order valence-electron chi connectivity index (χ1n) is 4.73. The summed E-state index contributed by atoms with van der Waals surface area (Å²) >= 11 is 1.91. The number of hydrogen-bond donors (Lipinski definition) is 1. The standard InChI is InChI=1S/C11H15NS/c1-8-3-2-4-9(7-8)10-5-6-11(12)13-10/h2-4,7,10-11H,5-6,12H2,1H3. The fraction of sp³-hybridized carbons (Fsp3) is 0.455. The van der Waals surface area contributed by atoms with Gasteiger partial charge in [0.15, 0.2) is 0 Å². The van der Waals surface area contributed by atoms with Crippen molar-refractivity contribution in [2.75, 3.05) is 0 Å². The zero-order valence-electron chi connectivity index (χ0n) is 7.86. The third kappa shape index (κ3) is 2.06. The van der Waals surface area contributed by atoms with Gasteiger partial charge in [0, 0.05) is 5.25 Å². The van der Waals surface area contributed by atoms with Gasteiger partial charge in [-0.15, -0.1) is 11.8 Å². The SMILES string of the molecule is Cc1cccc(C2CCC(N)S2)c1. The summed E-state index contributed by atoms with van der Waals surface area (Å²) in [4.78, 5) is 0. The number of thioether (sulfide) groups is 1. The number of hydrogen-bond acceptors (Lipinski definition) is 2. The maximum Gasteiger partial charge on any atom is 0.0513 e. The predicted octanol–water partition coefficient (Wildman–Crippen LogP) is 2.85. The molecule has 0 radical (unpaired) electrons. The normalized spacial score (nSPS) is 27.8. The average Bonchev–Trinajstić information content (AvgIpc) is 2.52. The Morgan fingerprint density at radius 2 is 2.23 bits per heavy atom. The van der Waals surface area contributed by atoms with Crippen molar-refractivity contribution < 1.29 is 0 Å². The predicted molar refractivity (Wildman–Crippen MR) is 58.7 cm³/mol. The van der Waals surface area contributed by atoms with Crippen LogP contribution in [0.25, 0.3) is 0 Å². The van der Waals surface area contributed by atoms with Crippen molar-refractivity contribution in [1.29, 1.82) is 0 Å². The van der Waals surface area contributed by atoms with Crippen LogP contribution in [0.1, 0.15) is 29.2 Å². The van der Waals surface area contributed by atoms with Crippen LogP contribution in [0.5, 0.6) is 0 Å². The van der Waals surface area contributed by atoms with Gasteiger partial charge in [0.25, 0.3) is 0 Å². The summed E-state index contributed by atoms with van der Waals surface area (Å²) in [5.74, 6) is 0. The Morgan fingerprint density at radius 1 is 1.38 bits per heavy atom. The number of nitrogens with two attached hydrogens (primary N) is 1. The van der Waals surface area contributed by atoms with Gasteiger partial charge in [-0.2, -0.15) is 0 Å². The molecule has 70 valence electrons. The monoisotopic (exact) mass is 193 g/mol.